The number of amidine groups is 1. The van der Waals surface area contributed by atoms with Crippen LogP contribution in [0.4, 0.5) is 11.4 Å². The van der Waals surface area contributed by atoms with Gasteiger partial charge in [0.2, 0.25) is 0 Å². The number of hydrogen-bond acceptors (Lipinski definition) is 4. The third-order valence-electron chi connectivity index (χ3n) is 5.51. The number of ether oxygens (including phenoxy) is 1. The highest BCUT2D eigenvalue weighted by Gasteiger charge is 2.35. The highest BCUT2D eigenvalue weighted by molar-refractivity contribution is 9.10. The van der Waals surface area contributed by atoms with Crippen LogP contribution in [0.15, 0.2) is 105 Å². The molecule has 0 bridgehead atoms. The number of amides is 1. The molecule has 0 saturated carbocycles. The first-order valence-corrected chi connectivity index (χ1v) is 14.1. The minimum atomic E-state index is -0.219. The van der Waals surface area contributed by atoms with E-state index in [1.807, 2.05) is 24.3 Å². The second-order valence-electron chi connectivity index (χ2n) is 8.20. The van der Waals surface area contributed by atoms with Crippen LogP contribution >= 0.6 is 62.5 Å². The number of aliphatic imine (C=N–C) groups is 1. The van der Waals surface area contributed by atoms with Crippen LogP contribution in [0.5, 0.6) is 5.75 Å². The van der Waals surface area contributed by atoms with Crippen molar-refractivity contribution in [2.24, 2.45) is 4.99 Å². The van der Waals surface area contributed by atoms with Gasteiger partial charge in [-0.25, -0.2) is 4.99 Å². The summed E-state index contributed by atoms with van der Waals surface area (Å²) in [5.41, 5.74) is 3.03. The Kier molecular flexibility index (Phi) is 8.46. The van der Waals surface area contributed by atoms with Crippen molar-refractivity contribution in [3.8, 4) is 5.75 Å². The number of carbonyl (C=O) groups is 1. The van der Waals surface area contributed by atoms with Crippen LogP contribution < -0.4 is 9.64 Å². The molecule has 1 saturated heterocycles. The van der Waals surface area contributed by atoms with E-state index in [2.05, 4.69) is 15.9 Å². The predicted octanol–water partition coefficient (Wildman–Crippen LogP) is 9.80. The Morgan fingerprint density at radius 2 is 1.47 bits per heavy atom. The summed E-state index contributed by atoms with van der Waals surface area (Å²) in [5, 5.41) is 2.22. The van der Waals surface area contributed by atoms with Gasteiger partial charge in [0.25, 0.3) is 5.91 Å². The number of halogens is 4. The first-order chi connectivity index (χ1) is 18.4. The van der Waals surface area contributed by atoms with E-state index in [4.69, 9.17) is 44.5 Å². The van der Waals surface area contributed by atoms with Gasteiger partial charge in [-0.15, -0.1) is 0 Å². The van der Waals surface area contributed by atoms with Crippen LogP contribution in [0.1, 0.15) is 11.1 Å². The quantitative estimate of drug-likeness (QED) is 0.196. The summed E-state index contributed by atoms with van der Waals surface area (Å²) in [4.78, 5) is 20.5. The summed E-state index contributed by atoms with van der Waals surface area (Å²) in [6, 6.07) is 27.4. The molecule has 4 aromatic rings. The normalized spacial score (nSPS) is 15.5. The molecule has 38 heavy (non-hydrogen) atoms. The topological polar surface area (TPSA) is 41.9 Å². The Labute approximate surface area is 248 Å². The average molecular weight is 645 g/mol. The van der Waals surface area contributed by atoms with E-state index in [9.17, 15) is 4.79 Å². The minimum absolute atomic E-state index is 0.219. The van der Waals surface area contributed by atoms with E-state index in [0.29, 0.717) is 54.4 Å². The Morgan fingerprint density at radius 3 is 2.16 bits per heavy atom. The van der Waals surface area contributed by atoms with Crippen LogP contribution in [-0.2, 0) is 11.4 Å². The van der Waals surface area contributed by atoms with Crippen LogP contribution in [0.2, 0.25) is 15.1 Å². The Morgan fingerprint density at radius 1 is 0.842 bits per heavy atom. The monoisotopic (exact) mass is 642 g/mol. The molecule has 0 radical (unpaired) electrons. The number of thioether (sulfide) groups is 1. The Bertz CT molecular complexity index is 1540. The molecule has 0 unspecified atom stereocenters. The fourth-order valence-electron chi connectivity index (χ4n) is 3.64. The highest BCUT2D eigenvalue weighted by atomic mass is 79.9. The fourth-order valence-corrected chi connectivity index (χ4v) is 5.33. The van der Waals surface area contributed by atoms with Gasteiger partial charge in [0.15, 0.2) is 5.17 Å². The lowest BCUT2D eigenvalue weighted by atomic mass is 10.1. The lowest BCUT2D eigenvalue weighted by Gasteiger charge is -2.15. The third-order valence-corrected chi connectivity index (χ3v) is 7.75. The molecule has 190 valence electrons. The van der Waals surface area contributed by atoms with E-state index >= 15 is 0 Å². The maximum Gasteiger partial charge on any atom is 0.271 e. The SMILES string of the molecule is O=C1/C(=C/c2cc(Cl)ccc2OCc2ccc(Br)cc2)SC(=Nc2ccc(Cl)cc2)N1c1ccc(Cl)cc1. The van der Waals surface area contributed by atoms with Gasteiger partial charge in [-0.3, -0.25) is 9.69 Å². The smallest absolute Gasteiger partial charge is 0.271 e. The molecule has 0 N–H and O–H groups in total. The molecular formula is C29H18BrCl3N2O2S. The van der Waals surface area contributed by atoms with E-state index in [1.165, 1.54) is 11.8 Å². The van der Waals surface area contributed by atoms with E-state index in [0.717, 1.165) is 10.0 Å². The number of rotatable bonds is 6. The second kappa shape index (κ2) is 12.0. The van der Waals surface area contributed by atoms with E-state index in [-0.39, 0.29) is 5.91 Å². The summed E-state index contributed by atoms with van der Waals surface area (Å²) in [6.45, 7) is 0.367. The maximum atomic E-state index is 13.7. The summed E-state index contributed by atoms with van der Waals surface area (Å²) in [7, 11) is 0. The molecule has 0 aromatic heterocycles. The molecule has 1 aliphatic rings. The molecule has 0 spiro atoms. The van der Waals surface area contributed by atoms with Crippen LogP contribution in [0.25, 0.3) is 6.08 Å². The summed E-state index contributed by atoms with van der Waals surface area (Å²) in [5.74, 6) is 0.392. The molecule has 1 aliphatic heterocycles. The number of nitrogens with zero attached hydrogens (tertiary/aromatic N) is 2. The van der Waals surface area contributed by atoms with Crippen molar-refractivity contribution in [1.29, 1.82) is 0 Å². The fraction of sp³-hybridized carbons (Fsp3) is 0.0345. The van der Waals surface area contributed by atoms with Crippen molar-refractivity contribution in [2.45, 2.75) is 6.61 Å². The van der Waals surface area contributed by atoms with Gasteiger partial charge in [-0.05, 0) is 102 Å². The number of carbonyl (C=O) groups excluding carboxylic acids is 1. The number of benzene rings is 4. The van der Waals surface area contributed by atoms with Gasteiger partial charge in [-0.1, -0.05) is 62.9 Å². The standard InChI is InChI=1S/C29H18BrCl3N2O2S/c30-20-3-1-18(2-4-20)17-37-26-14-9-23(33)15-19(26)16-27-28(36)35(25-12-7-22(32)8-13-25)29(38-27)34-24-10-5-21(31)6-11-24/h1-16H,17H2/b27-16-,34-29?. The predicted molar refractivity (Wildman–Crippen MR) is 163 cm³/mol. The van der Waals surface area contributed by atoms with Crippen molar-refractivity contribution < 1.29 is 9.53 Å². The molecule has 4 nitrogen and oxygen atoms in total. The van der Waals surface area contributed by atoms with Crippen LogP contribution in [0, 0.1) is 0 Å². The van der Waals surface area contributed by atoms with Gasteiger partial charge in [0.05, 0.1) is 16.3 Å². The second-order valence-corrected chi connectivity index (χ2v) is 11.4. The summed E-state index contributed by atoms with van der Waals surface area (Å²) < 4.78 is 7.11. The maximum absolute atomic E-state index is 13.7. The van der Waals surface area contributed by atoms with E-state index < -0.39 is 0 Å². The molecule has 9 heteroatoms. The zero-order chi connectivity index (χ0) is 26.6. The van der Waals surface area contributed by atoms with Crippen molar-refractivity contribution in [1.82, 2.24) is 0 Å². The minimum Gasteiger partial charge on any atom is -0.488 e. The highest BCUT2D eigenvalue weighted by Crippen LogP contribution is 2.39. The van der Waals surface area contributed by atoms with Crippen molar-refractivity contribution in [2.75, 3.05) is 4.90 Å². The van der Waals surface area contributed by atoms with Gasteiger partial charge in [0, 0.05) is 25.1 Å². The number of anilines is 1. The first-order valence-electron chi connectivity index (χ1n) is 11.4. The van der Waals surface area contributed by atoms with Crippen molar-refractivity contribution in [3.63, 3.8) is 0 Å². The van der Waals surface area contributed by atoms with Gasteiger partial charge < -0.3 is 4.74 Å². The average Bonchev–Trinajstić information content (AvgIpc) is 3.20. The largest absolute Gasteiger partial charge is 0.488 e. The lowest BCUT2D eigenvalue weighted by molar-refractivity contribution is -0.113. The molecule has 0 aliphatic carbocycles. The third kappa shape index (κ3) is 6.45. The zero-order valence-electron chi connectivity index (χ0n) is 19.6. The molecule has 1 amide bonds. The van der Waals surface area contributed by atoms with Gasteiger partial charge in [0.1, 0.15) is 12.4 Å². The molecule has 4 aromatic carbocycles. The first kappa shape index (κ1) is 26.9. The number of hydrogen-bond donors (Lipinski definition) is 0. The van der Waals surface area contributed by atoms with Crippen molar-refractivity contribution in [3.05, 3.63) is 127 Å². The molecule has 0 atom stereocenters. The zero-order valence-corrected chi connectivity index (χ0v) is 24.2. The van der Waals surface area contributed by atoms with Gasteiger partial charge in [-0.2, -0.15) is 0 Å². The van der Waals surface area contributed by atoms with Gasteiger partial charge >= 0.3 is 0 Å². The summed E-state index contributed by atoms with van der Waals surface area (Å²) >= 11 is 23.2. The lowest BCUT2D eigenvalue weighted by Crippen LogP contribution is -2.28. The molecule has 5 rings (SSSR count). The van der Waals surface area contributed by atoms with Crippen LogP contribution in [-0.4, -0.2) is 11.1 Å². The Balaban J connectivity index is 1.50. The Hall–Kier alpha value is -2.74. The van der Waals surface area contributed by atoms with Crippen LogP contribution in [0.3, 0.4) is 0 Å². The van der Waals surface area contributed by atoms with E-state index in [1.54, 1.807) is 77.7 Å². The molecule has 1 heterocycles. The van der Waals surface area contributed by atoms with Crippen molar-refractivity contribution >= 4 is 91.0 Å². The summed E-state index contributed by atoms with van der Waals surface area (Å²) in [6.07, 6.45) is 1.78. The molecular weight excluding hydrogens is 627 g/mol. The molecule has 1 fully saturated rings.